The van der Waals surface area contributed by atoms with Crippen molar-refractivity contribution in [2.45, 2.75) is 50.7 Å². The molecule has 2 fully saturated rings. The molecule has 104 valence electrons. The molecule has 0 spiro atoms. The van der Waals surface area contributed by atoms with Gasteiger partial charge in [-0.3, -0.25) is 4.79 Å². The van der Waals surface area contributed by atoms with Crippen LogP contribution in [0.3, 0.4) is 0 Å². The average Bonchev–Trinajstić information content (AvgIpc) is 3.10. The summed E-state index contributed by atoms with van der Waals surface area (Å²) in [5.41, 5.74) is 0. The molecule has 1 amide bonds. The van der Waals surface area contributed by atoms with Crippen molar-refractivity contribution in [1.82, 2.24) is 4.90 Å². The van der Waals surface area contributed by atoms with Crippen molar-refractivity contribution in [2.24, 2.45) is 5.92 Å². The largest absolute Gasteiger partial charge is 0.459 e. The van der Waals surface area contributed by atoms with Crippen LogP contribution < -0.4 is 0 Å². The molecule has 1 aromatic heterocycles. The third-order valence-electron chi connectivity index (χ3n) is 4.57. The number of likely N-dealkylation sites (tertiary alicyclic amines) is 1. The number of hydrogen-bond acceptors (Lipinski definition) is 3. The van der Waals surface area contributed by atoms with E-state index in [1.165, 1.54) is 12.7 Å². The number of nitrogens with zero attached hydrogens (tertiary/aromatic N) is 1. The first-order chi connectivity index (χ1) is 9.27. The Hall–Kier alpha value is -1.29. The Kier molecular flexibility index (Phi) is 3.60. The van der Waals surface area contributed by atoms with Crippen molar-refractivity contribution in [2.75, 3.05) is 6.54 Å². The maximum atomic E-state index is 12.4. The van der Waals surface area contributed by atoms with Crippen LogP contribution >= 0.6 is 0 Å². The van der Waals surface area contributed by atoms with Crippen LogP contribution in [-0.2, 0) is 0 Å². The molecule has 0 radical (unpaired) electrons. The van der Waals surface area contributed by atoms with E-state index in [-0.39, 0.29) is 24.0 Å². The second kappa shape index (κ2) is 5.37. The highest BCUT2D eigenvalue weighted by Crippen LogP contribution is 2.35. The molecule has 3 unspecified atom stereocenters. The molecule has 1 N–H and O–H groups in total. The number of aliphatic hydroxyl groups excluding tert-OH is 1. The molecule has 0 bridgehead atoms. The van der Waals surface area contributed by atoms with Crippen molar-refractivity contribution in [3.8, 4) is 0 Å². The molecule has 3 rings (SSSR count). The van der Waals surface area contributed by atoms with Gasteiger partial charge in [-0.1, -0.05) is 12.8 Å². The number of hydrogen-bond donors (Lipinski definition) is 1. The maximum absolute atomic E-state index is 12.4. The van der Waals surface area contributed by atoms with E-state index in [1.54, 1.807) is 12.1 Å². The minimum atomic E-state index is -0.247. The van der Waals surface area contributed by atoms with E-state index in [9.17, 15) is 9.90 Å². The summed E-state index contributed by atoms with van der Waals surface area (Å²) in [5.74, 6) is 0.637. The van der Waals surface area contributed by atoms with Gasteiger partial charge in [-0.15, -0.1) is 0 Å². The molecule has 4 heteroatoms. The van der Waals surface area contributed by atoms with Gasteiger partial charge in [-0.2, -0.15) is 0 Å². The van der Waals surface area contributed by atoms with Crippen molar-refractivity contribution >= 4 is 5.91 Å². The van der Waals surface area contributed by atoms with Crippen LogP contribution in [0, 0.1) is 5.92 Å². The quantitative estimate of drug-likeness (QED) is 0.891. The molecule has 1 saturated carbocycles. The van der Waals surface area contributed by atoms with Gasteiger partial charge >= 0.3 is 0 Å². The van der Waals surface area contributed by atoms with Crippen LogP contribution in [0.15, 0.2) is 22.8 Å². The van der Waals surface area contributed by atoms with Gasteiger partial charge in [0.1, 0.15) is 0 Å². The minimum Gasteiger partial charge on any atom is -0.459 e. The fraction of sp³-hybridized carbons (Fsp3) is 0.667. The number of carbonyl (C=O) groups is 1. The molecule has 1 saturated heterocycles. The van der Waals surface area contributed by atoms with Gasteiger partial charge in [0.25, 0.3) is 5.91 Å². The van der Waals surface area contributed by atoms with Gasteiger partial charge < -0.3 is 14.4 Å². The van der Waals surface area contributed by atoms with Gasteiger partial charge in [0.05, 0.1) is 12.4 Å². The van der Waals surface area contributed by atoms with E-state index in [0.717, 1.165) is 38.6 Å². The zero-order chi connectivity index (χ0) is 13.2. The Labute approximate surface area is 113 Å². The number of amides is 1. The molecular formula is C15H21NO3. The lowest BCUT2D eigenvalue weighted by Crippen LogP contribution is -2.45. The minimum absolute atomic E-state index is 0.0229. The molecule has 1 aromatic rings. The number of rotatable bonds is 2. The van der Waals surface area contributed by atoms with E-state index >= 15 is 0 Å². The Morgan fingerprint density at radius 3 is 2.84 bits per heavy atom. The monoisotopic (exact) mass is 263 g/mol. The molecule has 1 aliphatic carbocycles. The van der Waals surface area contributed by atoms with Crippen molar-refractivity contribution in [1.29, 1.82) is 0 Å². The second-order valence-corrected chi connectivity index (χ2v) is 5.70. The SMILES string of the molecule is O=C(c1ccco1)N1CCCC1C1CCCCC1O. The summed E-state index contributed by atoms with van der Waals surface area (Å²) in [7, 11) is 0. The van der Waals surface area contributed by atoms with Crippen molar-refractivity contribution in [3.05, 3.63) is 24.2 Å². The van der Waals surface area contributed by atoms with Crippen LogP contribution in [0.2, 0.25) is 0 Å². The summed E-state index contributed by atoms with van der Waals surface area (Å²) in [6.45, 7) is 0.785. The standard InChI is InChI=1S/C15H21NO3/c17-13-7-2-1-5-11(13)12-6-3-9-16(12)15(18)14-8-4-10-19-14/h4,8,10-13,17H,1-3,5-7,9H2. The predicted octanol–water partition coefficient (Wildman–Crippen LogP) is 2.44. The highest BCUT2D eigenvalue weighted by molar-refractivity contribution is 5.91. The zero-order valence-corrected chi connectivity index (χ0v) is 11.1. The molecule has 2 aliphatic rings. The lowest BCUT2D eigenvalue weighted by atomic mass is 9.80. The fourth-order valence-electron chi connectivity index (χ4n) is 3.62. The van der Waals surface area contributed by atoms with Crippen LogP contribution in [-0.4, -0.2) is 34.6 Å². The van der Waals surface area contributed by atoms with Crippen molar-refractivity contribution < 1.29 is 14.3 Å². The summed E-state index contributed by atoms with van der Waals surface area (Å²) < 4.78 is 5.22. The average molecular weight is 263 g/mol. The third-order valence-corrected chi connectivity index (χ3v) is 4.57. The van der Waals surface area contributed by atoms with E-state index in [4.69, 9.17) is 4.42 Å². The first kappa shape index (κ1) is 12.7. The zero-order valence-electron chi connectivity index (χ0n) is 11.1. The number of furan rings is 1. The normalized spacial score (nSPS) is 31.6. The molecule has 2 heterocycles. The fourth-order valence-corrected chi connectivity index (χ4v) is 3.62. The Morgan fingerprint density at radius 2 is 2.11 bits per heavy atom. The van der Waals surface area contributed by atoms with Crippen molar-refractivity contribution in [3.63, 3.8) is 0 Å². The molecule has 4 nitrogen and oxygen atoms in total. The van der Waals surface area contributed by atoms with Gasteiger partial charge in [0.2, 0.25) is 0 Å². The Balaban J connectivity index is 1.75. The maximum Gasteiger partial charge on any atom is 0.289 e. The summed E-state index contributed by atoms with van der Waals surface area (Å²) in [5, 5.41) is 10.2. The first-order valence-corrected chi connectivity index (χ1v) is 7.30. The Bertz CT molecular complexity index is 429. The van der Waals surface area contributed by atoms with E-state index < -0.39 is 0 Å². The summed E-state index contributed by atoms with van der Waals surface area (Å²) in [6.07, 6.45) is 7.51. The first-order valence-electron chi connectivity index (χ1n) is 7.30. The number of aliphatic hydroxyl groups is 1. The molecule has 0 aromatic carbocycles. The molecular weight excluding hydrogens is 242 g/mol. The lowest BCUT2D eigenvalue weighted by molar-refractivity contribution is 0.0200. The van der Waals surface area contributed by atoms with E-state index in [1.807, 2.05) is 4.90 Å². The highest BCUT2D eigenvalue weighted by atomic mass is 16.3. The Morgan fingerprint density at radius 1 is 1.26 bits per heavy atom. The predicted molar refractivity (Wildman–Crippen MR) is 70.7 cm³/mol. The van der Waals surface area contributed by atoms with Gasteiger partial charge in [0.15, 0.2) is 5.76 Å². The van der Waals surface area contributed by atoms with Gasteiger partial charge in [-0.05, 0) is 37.8 Å². The summed E-state index contributed by atoms with van der Waals surface area (Å²) in [4.78, 5) is 14.3. The summed E-state index contributed by atoms with van der Waals surface area (Å²) in [6, 6.07) is 3.65. The molecule has 1 aliphatic heterocycles. The van der Waals surface area contributed by atoms with Gasteiger partial charge in [0, 0.05) is 18.5 Å². The van der Waals surface area contributed by atoms with Crippen LogP contribution in [0.25, 0.3) is 0 Å². The summed E-state index contributed by atoms with van der Waals surface area (Å²) >= 11 is 0. The highest BCUT2D eigenvalue weighted by Gasteiger charge is 2.39. The second-order valence-electron chi connectivity index (χ2n) is 5.70. The third kappa shape index (κ3) is 2.41. The van der Waals surface area contributed by atoms with Gasteiger partial charge in [-0.25, -0.2) is 0 Å². The molecule has 19 heavy (non-hydrogen) atoms. The van der Waals surface area contributed by atoms with Crippen LogP contribution in [0.5, 0.6) is 0 Å². The van der Waals surface area contributed by atoms with Crippen LogP contribution in [0.4, 0.5) is 0 Å². The topological polar surface area (TPSA) is 53.7 Å². The molecule has 3 atom stereocenters. The lowest BCUT2D eigenvalue weighted by Gasteiger charge is -2.36. The number of carbonyl (C=O) groups excluding carboxylic acids is 1. The van der Waals surface area contributed by atoms with E-state index in [2.05, 4.69) is 0 Å². The van der Waals surface area contributed by atoms with Crippen LogP contribution in [0.1, 0.15) is 49.1 Å². The van der Waals surface area contributed by atoms with E-state index in [0.29, 0.717) is 5.76 Å². The smallest absolute Gasteiger partial charge is 0.289 e.